The maximum atomic E-state index is 12.2. The number of aromatic nitrogens is 3. The number of nitrogen functional groups attached to an aromatic ring is 1. The number of hydrogen-bond donors (Lipinski definition) is 2. The van der Waals surface area contributed by atoms with E-state index in [4.69, 9.17) is 5.73 Å². The highest BCUT2D eigenvalue weighted by molar-refractivity contribution is 7.16. The molecule has 3 rings (SSSR count). The van der Waals surface area contributed by atoms with Gasteiger partial charge in [0, 0.05) is 12.2 Å². The molecule has 1 aromatic carbocycles. The van der Waals surface area contributed by atoms with Gasteiger partial charge in [-0.25, -0.2) is 9.97 Å². The first-order valence-electron chi connectivity index (χ1n) is 6.14. The van der Waals surface area contributed by atoms with Gasteiger partial charge in [0.1, 0.15) is 5.82 Å². The fraction of sp³-hybridized carbons (Fsp3) is 0.154. The summed E-state index contributed by atoms with van der Waals surface area (Å²) in [5.74, 6) is 0.0717. The average Bonchev–Trinajstić information content (AvgIpc) is 3.04. The number of imidazole rings is 1. The molecule has 6 nitrogen and oxygen atoms in total. The van der Waals surface area contributed by atoms with E-state index < -0.39 is 0 Å². The number of nitrogens with zero attached hydrogens (tertiary/aromatic N) is 3. The van der Waals surface area contributed by atoms with Gasteiger partial charge >= 0.3 is 0 Å². The second-order valence-corrected chi connectivity index (χ2v) is 5.14. The number of fused-ring (bicyclic) bond motifs is 1. The fourth-order valence-corrected chi connectivity index (χ4v) is 2.66. The van der Waals surface area contributed by atoms with E-state index in [-0.39, 0.29) is 11.6 Å². The van der Waals surface area contributed by atoms with E-state index in [1.807, 2.05) is 25.1 Å². The van der Waals surface area contributed by atoms with Crippen LogP contribution >= 0.6 is 11.3 Å². The second-order valence-electron chi connectivity index (χ2n) is 4.25. The highest BCUT2D eigenvalue weighted by atomic mass is 32.1. The molecule has 0 fully saturated rings. The first kappa shape index (κ1) is 12.6. The molecule has 102 valence electrons. The van der Waals surface area contributed by atoms with Gasteiger partial charge in [0.05, 0.1) is 22.1 Å². The number of nitrogens with one attached hydrogen (secondary N) is 1. The molecule has 0 aliphatic carbocycles. The molecule has 0 spiro atoms. The highest BCUT2D eigenvalue weighted by Crippen LogP contribution is 2.22. The van der Waals surface area contributed by atoms with E-state index in [1.165, 1.54) is 11.3 Å². The van der Waals surface area contributed by atoms with Crippen LogP contribution < -0.4 is 11.1 Å². The van der Waals surface area contributed by atoms with Crippen molar-refractivity contribution in [1.82, 2.24) is 14.5 Å². The van der Waals surface area contributed by atoms with E-state index in [0.29, 0.717) is 18.1 Å². The maximum absolute atomic E-state index is 12.2. The number of rotatable bonds is 3. The number of aryl methyl sites for hydroxylation is 1. The minimum atomic E-state index is -0.307. The third-order valence-corrected chi connectivity index (χ3v) is 3.81. The molecule has 0 aliphatic rings. The monoisotopic (exact) mass is 287 g/mol. The topological polar surface area (TPSA) is 85.8 Å². The summed E-state index contributed by atoms with van der Waals surface area (Å²) in [7, 11) is 0. The molecular weight excluding hydrogens is 274 g/mol. The Morgan fingerprint density at radius 1 is 1.45 bits per heavy atom. The summed E-state index contributed by atoms with van der Waals surface area (Å²) in [4.78, 5) is 20.4. The molecule has 0 aliphatic heterocycles. The van der Waals surface area contributed by atoms with Crippen molar-refractivity contribution in [2.75, 3.05) is 11.1 Å². The lowest BCUT2D eigenvalue weighted by atomic mass is 10.3. The minimum absolute atomic E-state index is 0.247. The molecule has 2 heterocycles. The molecule has 0 saturated carbocycles. The summed E-state index contributed by atoms with van der Waals surface area (Å²) in [6, 6.07) is 5.57. The number of amides is 1. The van der Waals surface area contributed by atoms with Gasteiger partial charge in [-0.1, -0.05) is 0 Å². The first-order chi connectivity index (χ1) is 9.69. The van der Waals surface area contributed by atoms with Gasteiger partial charge in [0.2, 0.25) is 0 Å². The van der Waals surface area contributed by atoms with Crippen molar-refractivity contribution >= 4 is 39.0 Å². The first-order valence-corrected chi connectivity index (χ1v) is 7.02. The number of carbonyl (C=O) groups is 1. The Labute approximate surface area is 119 Å². The molecule has 1 amide bonds. The van der Waals surface area contributed by atoms with Crippen molar-refractivity contribution in [2.45, 2.75) is 13.5 Å². The van der Waals surface area contributed by atoms with Crippen molar-refractivity contribution in [3.05, 3.63) is 35.7 Å². The maximum Gasteiger partial charge on any atom is 0.278 e. The van der Waals surface area contributed by atoms with E-state index in [1.54, 1.807) is 16.4 Å². The van der Waals surface area contributed by atoms with Crippen LogP contribution in [0.1, 0.15) is 17.4 Å². The van der Waals surface area contributed by atoms with Gasteiger partial charge in [-0.3, -0.25) is 4.79 Å². The van der Waals surface area contributed by atoms with Gasteiger partial charge in [0.15, 0.2) is 5.69 Å². The molecule has 0 atom stereocenters. The Morgan fingerprint density at radius 2 is 2.30 bits per heavy atom. The molecule has 0 unspecified atom stereocenters. The summed E-state index contributed by atoms with van der Waals surface area (Å²) in [5.41, 5.74) is 9.52. The largest absolute Gasteiger partial charge is 0.383 e. The van der Waals surface area contributed by atoms with Crippen molar-refractivity contribution in [3.8, 4) is 0 Å². The minimum Gasteiger partial charge on any atom is -0.383 e. The summed E-state index contributed by atoms with van der Waals surface area (Å²) >= 11 is 1.53. The molecule has 20 heavy (non-hydrogen) atoms. The molecule has 3 aromatic rings. The van der Waals surface area contributed by atoms with Gasteiger partial charge < -0.3 is 15.6 Å². The third-order valence-electron chi connectivity index (χ3n) is 3.02. The lowest BCUT2D eigenvalue weighted by molar-refractivity contribution is 0.102. The Kier molecular flexibility index (Phi) is 3.11. The van der Waals surface area contributed by atoms with Gasteiger partial charge in [-0.15, -0.1) is 11.3 Å². The number of nitrogens with two attached hydrogens (primary N) is 1. The van der Waals surface area contributed by atoms with Crippen molar-refractivity contribution < 1.29 is 4.79 Å². The van der Waals surface area contributed by atoms with Crippen LogP contribution in [0.2, 0.25) is 0 Å². The Morgan fingerprint density at radius 3 is 3.05 bits per heavy atom. The molecule has 0 saturated heterocycles. The normalized spacial score (nSPS) is 10.8. The van der Waals surface area contributed by atoms with Crippen molar-refractivity contribution in [1.29, 1.82) is 0 Å². The van der Waals surface area contributed by atoms with E-state index in [9.17, 15) is 4.79 Å². The Bertz CT molecular complexity index is 776. The molecule has 3 N–H and O–H groups in total. The summed E-state index contributed by atoms with van der Waals surface area (Å²) in [6.45, 7) is 2.62. The SMILES string of the molecule is CCn1cnc(C(=O)Nc2ccc3ncsc3c2)c1N. The van der Waals surface area contributed by atoms with Gasteiger partial charge in [0.25, 0.3) is 5.91 Å². The summed E-state index contributed by atoms with van der Waals surface area (Å²) < 4.78 is 2.75. The quantitative estimate of drug-likeness (QED) is 0.774. The number of carbonyl (C=O) groups excluding carboxylic acids is 1. The van der Waals surface area contributed by atoms with Crippen LogP contribution in [0.25, 0.3) is 10.2 Å². The standard InChI is InChI=1S/C13H13N5OS/c1-2-18-6-15-11(12(18)14)13(19)17-8-3-4-9-10(5-8)20-7-16-9/h3-7H,2,14H2,1H3,(H,17,19). The Balaban J connectivity index is 1.85. The van der Waals surface area contributed by atoms with Crippen LogP contribution in [0, 0.1) is 0 Å². The van der Waals surface area contributed by atoms with Gasteiger partial charge in [-0.05, 0) is 25.1 Å². The molecular formula is C13H13N5OS. The molecule has 2 aromatic heterocycles. The predicted octanol–water partition coefficient (Wildman–Crippen LogP) is 2.35. The zero-order chi connectivity index (χ0) is 14.1. The number of hydrogen-bond acceptors (Lipinski definition) is 5. The van der Waals surface area contributed by atoms with Crippen LogP contribution in [-0.2, 0) is 6.54 Å². The van der Waals surface area contributed by atoms with Crippen molar-refractivity contribution in [2.24, 2.45) is 0 Å². The van der Waals surface area contributed by atoms with Crippen LogP contribution in [0.4, 0.5) is 11.5 Å². The zero-order valence-electron chi connectivity index (χ0n) is 10.8. The summed E-state index contributed by atoms with van der Waals surface area (Å²) in [6.07, 6.45) is 1.57. The molecule has 0 radical (unpaired) electrons. The highest BCUT2D eigenvalue weighted by Gasteiger charge is 2.15. The third kappa shape index (κ3) is 2.12. The van der Waals surface area contributed by atoms with Crippen LogP contribution in [0.15, 0.2) is 30.0 Å². The number of anilines is 2. The van der Waals surface area contributed by atoms with E-state index in [2.05, 4.69) is 15.3 Å². The average molecular weight is 287 g/mol. The van der Waals surface area contributed by atoms with Crippen LogP contribution in [0.3, 0.4) is 0 Å². The van der Waals surface area contributed by atoms with Gasteiger partial charge in [-0.2, -0.15) is 0 Å². The lowest BCUT2D eigenvalue weighted by Crippen LogP contribution is -2.15. The van der Waals surface area contributed by atoms with Crippen molar-refractivity contribution in [3.63, 3.8) is 0 Å². The smallest absolute Gasteiger partial charge is 0.278 e. The molecule has 0 bridgehead atoms. The second kappa shape index (κ2) is 4.93. The number of benzene rings is 1. The number of thiazole rings is 1. The lowest BCUT2D eigenvalue weighted by Gasteiger charge is -2.05. The molecule has 7 heteroatoms. The van der Waals surface area contributed by atoms with E-state index >= 15 is 0 Å². The fourth-order valence-electron chi connectivity index (χ4n) is 1.94. The van der Waals surface area contributed by atoms with Crippen LogP contribution in [-0.4, -0.2) is 20.4 Å². The van der Waals surface area contributed by atoms with E-state index in [0.717, 1.165) is 10.2 Å². The van der Waals surface area contributed by atoms with Crippen LogP contribution in [0.5, 0.6) is 0 Å². The Hall–Kier alpha value is -2.41. The summed E-state index contributed by atoms with van der Waals surface area (Å²) in [5, 5.41) is 2.80. The predicted molar refractivity (Wildman–Crippen MR) is 79.9 cm³/mol. The zero-order valence-corrected chi connectivity index (χ0v) is 11.6.